The van der Waals surface area contributed by atoms with Crippen molar-refractivity contribution >= 4 is 23.3 Å². The third kappa shape index (κ3) is 5.48. The predicted molar refractivity (Wildman–Crippen MR) is 111 cm³/mol. The molecule has 1 heterocycles. The summed E-state index contributed by atoms with van der Waals surface area (Å²) in [5, 5.41) is 2.74. The van der Waals surface area contributed by atoms with Gasteiger partial charge in [0.15, 0.2) is 6.61 Å². The average Bonchev–Trinajstić information content (AvgIpc) is 2.78. The monoisotopic (exact) mass is 398 g/mol. The van der Waals surface area contributed by atoms with Gasteiger partial charge >= 0.3 is 5.97 Å². The molecule has 0 atom stereocenters. The lowest BCUT2D eigenvalue weighted by molar-refractivity contribution is -0.118. The number of rotatable bonds is 7. The molecule has 0 aromatic heterocycles. The molecule has 0 radical (unpaired) electrons. The molecule has 7 nitrogen and oxygen atoms in total. The van der Waals surface area contributed by atoms with E-state index in [0.717, 1.165) is 25.2 Å². The van der Waals surface area contributed by atoms with Crippen LogP contribution in [0.5, 0.6) is 5.75 Å². The fourth-order valence-corrected chi connectivity index (χ4v) is 3.09. The van der Waals surface area contributed by atoms with Gasteiger partial charge in [0.05, 0.1) is 31.6 Å². The normalized spacial score (nSPS) is 13.7. The van der Waals surface area contributed by atoms with Crippen molar-refractivity contribution in [1.29, 1.82) is 0 Å². The number of methoxy groups -OCH3 is 1. The Bertz CT molecular complexity index is 845. The van der Waals surface area contributed by atoms with Crippen molar-refractivity contribution < 1.29 is 23.8 Å². The highest BCUT2D eigenvalue weighted by Gasteiger charge is 2.18. The lowest BCUT2D eigenvalue weighted by Gasteiger charge is -2.29. The molecule has 1 fully saturated rings. The van der Waals surface area contributed by atoms with E-state index in [1.54, 1.807) is 12.1 Å². The first-order valence-electron chi connectivity index (χ1n) is 9.67. The number of ether oxygens (including phenoxy) is 3. The lowest BCUT2D eigenvalue weighted by atomic mass is 10.1. The SMILES string of the molecule is CCc1ccc(OCC(=O)Nc2ccc(N3CCOCC3)cc2C(=O)OC)cc1. The van der Waals surface area contributed by atoms with Gasteiger partial charge < -0.3 is 24.4 Å². The largest absolute Gasteiger partial charge is 0.484 e. The summed E-state index contributed by atoms with van der Waals surface area (Å²) < 4.78 is 15.8. The van der Waals surface area contributed by atoms with Crippen molar-refractivity contribution in [3.8, 4) is 5.75 Å². The molecular formula is C22H26N2O5. The van der Waals surface area contributed by atoms with Crippen molar-refractivity contribution in [2.24, 2.45) is 0 Å². The third-order valence-electron chi connectivity index (χ3n) is 4.76. The van der Waals surface area contributed by atoms with E-state index in [2.05, 4.69) is 17.1 Å². The van der Waals surface area contributed by atoms with Crippen LogP contribution in [-0.2, 0) is 20.7 Å². The van der Waals surface area contributed by atoms with Gasteiger partial charge in [-0.3, -0.25) is 4.79 Å². The van der Waals surface area contributed by atoms with Crippen LogP contribution in [0.15, 0.2) is 42.5 Å². The summed E-state index contributed by atoms with van der Waals surface area (Å²) in [4.78, 5) is 26.7. The van der Waals surface area contributed by atoms with Crippen LogP contribution in [0.4, 0.5) is 11.4 Å². The maximum Gasteiger partial charge on any atom is 0.340 e. The summed E-state index contributed by atoms with van der Waals surface area (Å²) in [7, 11) is 1.32. The molecule has 0 aliphatic carbocycles. The molecule has 0 bridgehead atoms. The van der Waals surface area contributed by atoms with Gasteiger partial charge in [0.2, 0.25) is 0 Å². The quantitative estimate of drug-likeness (QED) is 0.723. The van der Waals surface area contributed by atoms with Gasteiger partial charge in [-0.2, -0.15) is 0 Å². The number of nitrogens with zero attached hydrogens (tertiary/aromatic N) is 1. The van der Waals surface area contributed by atoms with Crippen LogP contribution in [0.1, 0.15) is 22.8 Å². The molecule has 2 aromatic rings. The molecule has 1 amide bonds. The van der Waals surface area contributed by atoms with Crippen molar-refractivity contribution in [1.82, 2.24) is 0 Å². The molecule has 7 heteroatoms. The molecule has 29 heavy (non-hydrogen) atoms. The van der Waals surface area contributed by atoms with Crippen molar-refractivity contribution in [3.63, 3.8) is 0 Å². The van der Waals surface area contributed by atoms with E-state index in [-0.39, 0.29) is 12.5 Å². The summed E-state index contributed by atoms with van der Waals surface area (Å²) in [5.74, 6) is -0.242. The number of hydrogen-bond donors (Lipinski definition) is 1. The van der Waals surface area contributed by atoms with Crippen LogP contribution in [0, 0.1) is 0 Å². The Morgan fingerprint density at radius 3 is 2.48 bits per heavy atom. The highest BCUT2D eigenvalue weighted by Crippen LogP contribution is 2.25. The number of hydrogen-bond acceptors (Lipinski definition) is 6. The van der Waals surface area contributed by atoms with E-state index in [9.17, 15) is 9.59 Å². The number of esters is 1. The van der Waals surface area contributed by atoms with Gasteiger partial charge in [-0.05, 0) is 42.3 Å². The zero-order valence-electron chi connectivity index (χ0n) is 16.8. The lowest BCUT2D eigenvalue weighted by Crippen LogP contribution is -2.36. The van der Waals surface area contributed by atoms with Crippen LogP contribution >= 0.6 is 0 Å². The van der Waals surface area contributed by atoms with E-state index in [1.165, 1.54) is 12.7 Å². The second-order valence-electron chi connectivity index (χ2n) is 6.66. The van der Waals surface area contributed by atoms with Crippen LogP contribution in [0.3, 0.4) is 0 Å². The zero-order chi connectivity index (χ0) is 20.6. The van der Waals surface area contributed by atoms with E-state index >= 15 is 0 Å². The van der Waals surface area contributed by atoms with Gasteiger partial charge in [0.25, 0.3) is 5.91 Å². The Balaban J connectivity index is 1.67. The van der Waals surface area contributed by atoms with Crippen LogP contribution in [-0.4, -0.2) is 51.9 Å². The molecule has 0 unspecified atom stereocenters. The van der Waals surface area contributed by atoms with E-state index in [1.807, 2.05) is 30.3 Å². The zero-order valence-corrected chi connectivity index (χ0v) is 16.8. The molecule has 2 aromatic carbocycles. The number of aryl methyl sites for hydroxylation is 1. The number of benzene rings is 2. The minimum Gasteiger partial charge on any atom is -0.484 e. The highest BCUT2D eigenvalue weighted by molar-refractivity contribution is 6.02. The smallest absolute Gasteiger partial charge is 0.340 e. The van der Waals surface area contributed by atoms with Gasteiger partial charge in [0, 0.05) is 18.8 Å². The fraction of sp³-hybridized carbons (Fsp3) is 0.364. The first-order valence-corrected chi connectivity index (χ1v) is 9.67. The minimum absolute atomic E-state index is 0.155. The topological polar surface area (TPSA) is 77.1 Å². The summed E-state index contributed by atoms with van der Waals surface area (Å²) in [6.07, 6.45) is 0.942. The number of morpholine rings is 1. The maximum atomic E-state index is 12.3. The molecule has 1 saturated heterocycles. The molecular weight excluding hydrogens is 372 g/mol. The fourth-order valence-electron chi connectivity index (χ4n) is 3.09. The van der Waals surface area contributed by atoms with Crippen molar-refractivity contribution in [3.05, 3.63) is 53.6 Å². The maximum absolute atomic E-state index is 12.3. The Labute approximate surface area is 170 Å². The second-order valence-corrected chi connectivity index (χ2v) is 6.66. The van der Waals surface area contributed by atoms with Crippen LogP contribution in [0.2, 0.25) is 0 Å². The first kappa shape index (κ1) is 20.7. The van der Waals surface area contributed by atoms with E-state index < -0.39 is 5.97 Å². The molecule has 154 valence electrons. The Morgan fingerprint density at radius 1 is 1.10 bits per heavy atom. The average molecular weight is 398 g/mol. The Kier molecular flexibility index (Phi) is 7.08. The molecule has 0 saturated carbocycles. The highest BCUT2D eigenvalue weighted by atomic mass is 16.5. The van der Waals surface area contributed by atoms with Crippen LogP contribution in [0.25, 0.3) is 0 Å². The van der Waals surface area contributed by atoms with E-state index in [4.69, 9.17) is 14.2 Å². The Morgan fingerprint density at radius 2 is 1.83 bits per heavy atom. The van der Waals surface area contributed by atoms with Gasteiger partial charge in [-0.1, -0.05) is 19.1 Å². The standard InChI is InChI=1S/C22H26N2O5/c1-3-16-4-7-18(8-5-16)29-15-21(25)23-20-9-6-17(14-19(20)22(26)27-2)24-10-12-28-13-11-24/h4-9,14H,3,10-13,15H2,1-2H3,(H,23,25). The number of carbonyl (C=O) groups is 2. The molecule has 1 N–H and O–H groups in total. The number of amides is 1. The number of nitrogens with one attached hydrogen (secondary N) is 1. The Hall–Kier alpha value is -3.06. The van der Waals surface area contributed by atoms with Crippen molar-refractivity contribution in [2.75, 3.05) is 50.2 Å². The number of carbonyl (C=O) groups excluding carboxylic acids is 2. The number of anilines is 2. The first-order chi connectivity index (χ1) is 14.1. The van der Waals surface area contributed by atoms with Gasteiger partial charge in [-0.25, -0.2) is 4.79 Å². The second kappa shape index (κ2) is 9.93. The predicted octanol–water partition coefficient (Wildman–Crippen LogP) is 2.89. The summed E-state index contributed by atoms with van der Waals surface area (Å²) >= 11 is 0. The van der Waals surface area contributed by atoms with E-state index in [0.29, 0.717) is 30.2 Å². The van der Waals surface area contributed by atoms with Gasteiger partial charge in [-0.15, -0.1) is 0 Å². The molecule has 1 aliphatic rings. The minimum atomic E-state index is -0.508. The van der Waals surface area contributed by atoms with Crippen molar-refractivity contribution in [2.45, 2.75) is 13.3 Å². The molecule has 0 spiro atoms. The van der Waals surface area contributed by atoms with Crippen LogP contribution < -0.4 is 15.0 Å². The summed E-state index contributed by atoms with van der Waals surface area (Å²) in [5.41, 5.74) is 2.78. The summed E-state index contributed by atoms with van der Waals surface area (Å²) in [6.45, 7) is 4.70. The third-order valence-corrected chi connectivity index (χ3v) is 4.76. The molecule has 1 aliphatic heterocycles. The van der Waals surface area contributed by atoms with Gasteiger partial charge in [0.1, 0.15) is 5.75 Å². The summed E-state index contributed by atoms with van der Waals surface area (Å²) in [6, 6.07) is 12.9. The molecule has 3 rings (SSSR count).